The van der Waals surface area contributed by atoms with Crippen molar-refractivity contribution in [3.8, 4) is 11.8 Å². The van der Waals surface area contributed by atoms with Gasteiger partial charge in [0.25, 0.3) is 0 Å². The maximum absolute atomic E-state index is 8.64. The van der Waals surface area contributed by atoms with Crippen LogP contribution in [0.15, 0.2) is 6.07 Å². The molecule has 0 saturated heterocycles. The number of rotatable bonds is 1. The highest BCUT2D eigenvalue weighted by atomic mass is 35.5. The maximum atomic E-state index is 8.64. The fourth-order valence-electron chi connectivity index (χ4n) is 0.814. The smallest absolute Gasteiger partial charge is 0.171 e. The second kappa shape index (κ2) is 3.42. The van der Waals surface area contributed by atoms with E-state index in [0.717, 1.165) is 0 Å². The fraction of sp³-hybridized carbons (Fsp3) is 0.250. The van der Waals surface area contributed by atoms with Crippen LogP contribution in [0.25, 0.3) is 0 Å². The van der Waals surface area contributed by atoms with Crippen LogP contribution in [0.5, 0.6) is 5.75 Å². The van der Waals surface area contributed by atoms with Crippen molar-refractivity contribution in [1.29, 1.82) is 5.26 Å². The van der Waals surface area contributed by atoms with E-state index in [0.29, 0.717) is 17.0 Å². The summed E-state index contributed by atoms with van der Waals surface area (Å²) in [6, 6.07) is 3.57. The molecule has 0 aliphatic heterocycles. The summed E-state index contributed by atoms with van der Waals surface area (Å²) >= 11 is 5.71. The highest BCUT2D eigenvalue weighted by Gasteiger charge is 2.06. The lowest BCUT2D eigenvalue weighted by atomic mass is 10.2. The summed E-state index contributed by atoms with van der Waals surface area (Å²) in [7, 11) is 1.49. The van der Waals surface area contributed by atoms with Crippen LogP contribution in [-0.2, 0) is 0 Å². The molecule has 0 aliphatic rings. The van der Waals surface area contributed by atoms with E-state index < -0.39 is 0 Å². The van der Waals surface area contributed by atoms with Crippen molar-refractivity contribution in [2.45, 2.75) is 6.92 Å². The normalized spacial score (nSPS) is 9.17. The van der Waals surface area contributed by atoms with Gasteiger partial charge in [-0.3, -0.25) is 0 Å². The molecule has 0 amide bonds. The number of pyridine rings is 1. The zero-order chi connectivity index (χ0) is 9.14. The van der Waals surface area contributed by atoms with Crippen LogP contribution in [0.1, 0.15) is 11.3 Å². The van der Waals surface area contributed by atoms with Crippen LogP contribution in [-0.4, -0.2) is 12.1 Å². The Morgan fingerprint density at radius 3 is 2.83 bits per heavy atom. The molecular formula is C8H7ClN2O. The van der Waals surface area contributed by atoms with Crippen LogP contribution in [0.3, 0.4) is 0 Å². The van der Waals surface area contributed by atoms with Crippen LogP contribution in [0.2, 0.25) is 5.15 Å². The van der Waals surface area contributed by atoms with Crippen molar-refractivity contribution in [2.75, 3.05) is 7.11 Å². The summed E-state index contributed by atoms with van der Waals surface area (Å²) in [4.78, 5) is 3.93. The molecule has 1 rings (SSSR count). The molecule has 1 heterocycles. The van der Waals surface area contributed by atoms with E-state index in [-0.39, 0.29) is 5.15 Å². The van der Waals surface area contributed by atoms with Gasteiger partial charge in [-0.15, -0.1) is 0 Å². The highest BCUT2D eigenvalue weighted by Crippen LogP contribution is 2.23. The number of nitriles is 1. The Morgan fingerprint density at radius 1 is 1.67 bits per heavy atom. The Morgan fingerprint density at radius 2 is 2.33 bits per heavy atom. The zero-order valence-electron chi connectivity index (χ0n) is 6.76. The van der Waals surface area contributed by atoms with Gasteiger partial charge in [0.1, 0.15) is 6.07 Å². The molecule has 1 aromatic rings. The Kier molecular flexibility index (Phi) is 2.51. The molecule has 0 fully saturated rings. The van der Waals surface area contributed by atoms with Gasteiger partial charge in [0, 0.05) is 6.07 Å². The predicted octanol–water partition coefficient (Wildman–Crippen LogP) is 1.92. The molecule has 0 aromatic carbocycles. The van der Waals surface area contributed by atoms with Crippen LogP contribution in [0.4, 0.5) is 0 Å². The number of aryl methyl sites for hydroxylation is 1. The third-order valence-corrected chi connectivity index (χ3v) is 1.75. The number of aromatic nitrogens is 1. The minimum Gasteiger partial charge on any atom is -0.493 e. The van der Waals surface area contributed by atoms with Gasteiger partial charge >= 0.3 is 0 Å². The lowest BCUT2D eigenvalue weighted by Crippen LogP contribution is -1.92. The lowest BCUT2D eigenvalue weighted by Gasteiger charge is -2.03. The largest absolute Gasteiger partial charge is 0.493 e. The van der Waals surface area contributed by atoms with E-state index in [2.05, 4.69) is 4.98 Å². The predicted molar refractivity (Wildman–Crippen MR) is 45.3 cm³/mol. The number of nitrogens with zero attached hydrogens (tertiary/aromatic N) is 2. The summed E-state index contributed by atoms with van der Waals surface area (Å²) in [5.74, 6) is 0.429. The van der Waals surface area contributed by atoms with Crippen molar-refractivity contribution in [2.24, 2.45) is 0 Å². The van der Waals surface area contributed by atoms with Crippen LogP contribution in [0, 0.1) is 18.3 Å². The van der Waals surface area contributed by atoms with Gasteiger partial charge in [-0.1, -0.05) is 11.6 Å². The minimum absolute atomic E-state index is 0.286. The highest BCUT2D eigenvalue weighted by molar-refractivity contribution is 6.30. The van der Waals surface area contributed by atoms with E-state index in [1.807, 2.05) is 6.07 Å². The second-order valence-electron chi connectivity index (χ2n) is 2.23. The van der Waals surface area contributed by atoms with Gasteiger partial charge in [-0.05, 0) is 6.92 Å². The Labute approximate surface area is 75.6 Å². The van der Waals surface area contributed by atoms with Gasteiger partial charge < -0.3 is 4.74 Å². The second-order valence-corrected chi connectivity index (χ2v) is 2.58. The van der Waals surface area contributed by atoms with Gasteiger partial charge in [0.05, 0.1) is 18.4 Å². The molecule has 0 bridgehead atoms. The molecule has 0 radical (unpaired) electrons. The molecule has 3 nitrogen and oxygen atoms in total. The standard InChI is InChI=1S/C8H7ClN2O/c1-5-6(4-10)3-7(12-2)8(9)11-5/h3H,1-2H3. The molecule has 0 N–H and O–H groups in total. The molecule has 0 aliphatic carbocycles. The van der Waals surface area contributed by atoms with Crippen LogP contribution < -0.4 is 4.74 Å². The average molecular weight is 183 g/mol. The minimum atomic E-state index is 0.286. The number of hydrogen-bond donors (Lipinski definition) is 0. The van der Waals surface area contributed by atoms with Crippen molar-refractivity contribution in [3.05, 3.63) is 22.5 Å². The van der Waals surface area contributed by atoms with Crippen LogP contribution >= 0.6 is 11.6 Å². The van der Waals surface area contributed by atoms with Gasteiger partial charge in [0.2, 0.25) is 0 Å². The summed E-state index contributed by atoms with van der Waals surface area (Å²) in [6.45, 7) is 1.73. The van der Waals surface area contributed by atoms with Crippen molar-refractivity contribution < 1.29 is 4.74 Å². The molecular weight excluding hydrogens is 176 g/mol. The topological polar surface area (TPSA) is 45.9 Å². The Bertz CT molecular complexity index is 344. The quantitative estimate of drug-likeness (QED) is 0.624. The van der Waals surface area contributed by atoms with Crippen molar-refractivity contribution >= 4 is 11.6 Å². The first kappa shape index (κ1) is 8.82. The molecule has 1 aromatic heterocycles. The first-order chi connectivity index (χ1) is 5.69. The van der Waals surface area contributed by atoms with Crippen molar-refractivity contribution in [3.63, 3.8) is 0 Å². The fourth-order valence-corrected chi connectivity index (χ4v) is 1.07. The number of ether oxygens (including phenoxy) is 1. The summed E-state index contributed by atoms with van der Waals surface area (Å²) in [6.07, 6.45) is 0. The van der Waals surface area contributed by atoms with Gasteiger partial charge in [-0.2, -0.15) is 5.26 Å². The summed E-state index contributed by atoms with van der Waals surface area (Å²) in [5, 5.41) is 8.93. The van der Waals surface area contributed by atoms with Gasteiger partial charge in [0.15, 0.2) is 10.9 Å². The molecule has 4 heteroatoms. The first-order valence-electron chi connectivity index (χ1n) is 3.30. The zero-order valence-corrected chi connectivity index (χ0v) is 7.51. The third-order valence-electron chi connectivity index (χ3n) is 1.47. The maximum Gasteiger partial charge on any atom is 0.171 e. The number of hydrogen-bond acceptors (Lipinski definition) is 3. The van der Waals surface area contributed by atoms with Crippen molar-refractivity contribution in [1.82, 2.24) is 4.98 Å². The number of methoxy groups -OCH3 is 1. The lowest BCUT2D eigenvalue weighted by molar-refractivity contribution is 0.413. The monoisotopic (exact) mass is 182 g/mol. The van der Waals surface area contributed by atoms with E-state index in [1.54, 1.807) is 13.0 Å². The van der Waals surface area contributed by atoms with E-state index in [4.69, 9.17) is 21.6 Å². The molecule has 0 saturated carbocycles. The third kappa shape index (κ3) is 1.49. The molecule has 62 valence electrons. The average Bonchev–Trinajstić information content (AvgIpc) is 2.05. The number of halogens is 1. The SMILES string of the molecule is COc1cc(C#N)c(C)nc1Cl. The van der Waals surface area contributed by atoms with E-state index >= 15 is 0 Å². The molecule has 12 heavy (non-hydrogen) atoms. The summed E-state index contributed by atoms with van der Waals surface area (Å²) < 4.78 is 4.90. The Hall–Kier alpha value is -1.27. The molecule has 0 unspecified atom stereocenters. The first-order valence-corrected chi connectivity index (χ1v) is 3.68. The summed E-state index contributed by atoms with van der Waals surface area (Å²) in [5.41, 5.74) is 1.10. The molecule has 0 atom stereocenters. The molecule has 0 spiro atoms. The van der Waals surface area contributed by atoms with Gasteiger partial charge in [-0.25, -0.2) is 4.98 Å². The van der Waals surface area contributed by atoms with E-state index in [9.17, 15) is 0 Å². The van der Waals surface area contributed by atoms with E-state index in [1.165, 1.54) is 7.11 Å². The Balaban J connectivity index is 3.30.